The Kier molecular flexibility index (Phi) is 8.26. The average Bonchev–Trinajstić information content (AvgIpc) is 3.43. The van der Waals surface area contributed by atoms with Crippen LogP contribution in [0.2, 0.25) is 5.02 Å². The topological polar surface area (TPSA) is 173 Å². The number of anilines is 1. The minimum absolute atomic E-state index is 0.00152. The maximum Gasteiger partial charge on any atom is 0.244 e. The van der Waals surface area contributed by atoms with Gasteiger partial charge in [-0.05, 0) is 64.9 Å². The number of tetrazole rings is 1. The molecule has 0 saturated carbocycles. The summed E-state index contributed by atoms with van der Waals surface area (Å²) >= 11 is 6.12. The average molecular weight is 552 g/mol. The number of aromatic amines is 1. The van der Waals surface area contributed by atoms with E-state index < -0.39 is 27.8 Å². The summed E-state index contributed by atoms with van der Waals surface area (Å²) in [5.41, 5.74) is 2.30. The molecule has 2 amide bonds. The zero-order chi connectivity index (χ0) is 27.1. The van der Waals surface area contributed by atoms with Crippen LogP contribution in [-0.2, 0) is 19.6 Å². The van der Waals surface area contributed by atoms with Crippen molar-refractivity contribution in [2.24, 2.45) is 5.14 Å². The van der Waals surface area contributed by atoms with Gasteiger partial charge < -0.3 is 10.6 Å². The lowest BCUT2D eigenvalue weighted by molar-refractivity contribution is -0.118. The van der Waals surface area contributed by atoms with E-state index in [0.29, 0.717) is 33.2 Å². The summed E-state index contributed by atoms with van der Waals surface area (Å²) < 4.78 is 23.0. The Hall–Kier alpha value is -4.39. The molecule has 1 atom stereocenters. The number of primary sulfonamides is 1. The molecule has 194 valence electrons. The molecule has 0 fully saturated rings. The van der Waals surface area contributed by atoms with Crippen molar-refractivity contribution in [1.82, 2.24) is 25.9 Å². The number of hydrogen-bond acceptors (Lipinski definition) is 7. The number of nitrogens with one attached hydrogen (secondary N) is 3. The van der Waals surface area contributed by atoms with Crippen LogP contribution >= 0.6 is 11.6 Å². The Bertz CT molecular complexity index is 1560. The third-order valence-electron chi connectivity index (χ3n) is 5.46. The van der Waals surface area contributed by atoms with E-state index in [9.17, 15) is 18.0 Å². The summed E-state index contributed by atoms with van der Waals surface area (Å²) in [6.45, 7) is 0.00152. The third kappa shape index (κ3) is 6.88. The van der Waals surface area contributed by atoms with Gasteiger partial charge in [0.05, 0.1) is 10.8 Å². The molecule has 3 aromatic carbocycles. The van der Waals surface area contributed by atoms with E-state index in [2.05, 4.69) is 31.3 Å². The summed E-state index contributed by atoms with van der Waals surface area (Å²) in [4.78, 5) is 25.7. The standard InChI is InChI=1S/C25H22ClN7O4S/c26-18-7-12-21(24-30-32-33-31-24)17(14-18)6-13-23(34)28-15-22(16-4-2-1-3-5-16)25(35)29-19-8-10-20(11-9-19)38(27,36)37/h1-14,22H,15H2,(H,28,34)(H,29,35)(H2,27,36,37)(H,30,31,32,33)/b13-6+/t22-/m0/s1. The van der Waals surface area contributed by atoms with Gasteiger partial charge in [-0.15, -0.1) is 10.2 Å². The van der Waals surface area contributed by atoms with Crippen molar-refractivity contribution in [2.75, 3.05) is 11.9 Å². The van der Waals surface area contributed by atoms with Gasteiger partial charge in [0.15, 0.2) is 0 Å². The highest BCUT2D eigenvalue weighted by Crippen LogP contribution is 2.24. The van der Waals surface area contributed by atoms with Gasteiger partial charge >= 0.3 is 0 Å². The number of carbonyl (C=O) groups is 2. The summed E-state index contributed by atoms with van der Waals surface area (Å²) in [5.74, 6) is -1.21. The highest BCUT2D eigenvalue weighted by molar-refractivity contribution is 7.89. The van der Waals surface area contributed by atoms with Crippen LogP contribution in [0.15, 0.2) is 83.8 Å². The number of hydrogen-bond donors (Lipinski definition) is 4. The molecule has 5 N–H and O–H groups in total. The number of nitrogens with two attached hydrogens (primary N) is 1. The Labute approximate surface area is 223 Å². The van der Waals surface area contributed by atoms with Crippen LogP contribution in [-0.4, -0.2) is 47.4 Å². The lowest BCUT2D eigenvalue weighted by atomic mass is 9.98. The molecule has 0 aliphatic heterocycles. The van der Waals surface area contributed by atoms with Crippen molar-refractivity contribution in [3.05, 3.63) is 95.0 Å². The molecule has 0 spiro atoms. The lowest BCUT2D eigenvalue weighted by Gasteiger charge is -2.18. The van der Waals surface area contributed by atoms with E-state index in [-0.39, 0.29) is 11.4 Å². The van der Waals surface area contributed by atoms with Gasteiger partial charge in [0.25, 0.3) is 0 Å². The number of halogens is 1. The fraction of sp³-hybridized carbons (Fsp3) is 0.0800. The summed E-state index contributed by atoms with van der Waals surface area (Å²) in [7, 11) is -3.85. The summed E-state index contributed by atoms with van der Waals surface area (Å²) in [5, 5.41) is 25.0. The molecule has 1 aromatic heterocycles. The molecular formula is C25H22ClN7O4S. The molecule has 0 saturated heterocycles. The minimum Gasteiger partial charge on any atom is -0.351 e. The Balaban J connectivity index is 1.47. The SMILES string of the molecule is NS(=O)(=O)c1ccc(NC(=O)[C@@H](CNC(=O)/C=C/c2cc(Cl)ccc2-c2nn[nH]n2)c2ccccc2)cc1. The minimum atomic E-state index is -3.85. The number of rotatable bonds is 9. The van der Waals surface area contributed by atoms with Crippen LogP contribution in [0.25, 0.3) is 17.5 Å². The van der Waals surface area contributed by atoms with Crippen LogP contribution in [0.4, 0.5) is 5.69 Å². The number of carbonyl (C=O) groups excluding carboxylic acids is 2. The Morgan fingerprint density at radius 1 is 1.05 bits per heavy atom. The molecule has 4 aromatic rings. The third-order valence-corrected chi connectivity index (χ3v) is 6.63. The van der Waals surface area contributed by atoms with Crippen LogP contribution in [0.1, 0.15) is 17.0 Å². The van der Waals surface area contributed by atoms with Crippen LogP contribution < -0.4 is 15.8 Å². The number of benzene rings is 3. The second-order valence-electron chi connectivity index (χ2n) is 8.07. The molecular weight excluding hydrogens is 530 g/mol. The summed E-state index contributed by atoms with van der Waals surface area (Å²) in [6.07, 6.45) is 2.89. The molecule has 0 aliphatic rings. The molecule has 11 nitrogen and oxygen atoms in total. The van der Waals surface area contributed by atoms with Crippen molar-refractivity contribution >= 4 is 45.2 Å². The van der Waals surface area contributed by atoms with E-state index >= 15 is 0 Å². The zero-order valence-electron chi connectivity index (χ0n) is 19.7. The first-order valence-corrected chi connectivity index (χ1v) is 13.1. The predicted molar refractivity (Wildman–Crippen MR) is 142 cm³/mol. The van der Waals surface area contributed by atoms with Gasteiger partial charge in [-0.25, -0.2) is 13.6 Å². The maximum atomic E-state index is 13.1. The molecule has 13 heteroatoms. The molecule has 38 heavy (non-hydrogen) atoms. The normalized spacial score (nSPS) is 12.3. The van der Waals surface area contributed by atoms with Crippen molar-refractivity contribution < 1.29 is 18.0 Å². The monoisotopic (exact) mass is 551 g/mol. The lowest BCUT2D eigenvalue weighted by Crippen LogP contribution is -2.33. The molecule has 1 heterocycles. The van der Waals surface area contributed by atoms with Crippen molar-refractivity contribution in [2.45, 2.75) is 10.8 Å². The first-order valence-electron chi connectivity index (χ1n) is 11.2. The first kappa shape index (κ1) is 26.7. The Morgan fingerprint density at radius 3 is 2.45 bits per heavy atom. The molecule has 4 rings (SSSR count). The number of nitrogens with zero attached hydrogens (tertiary/aromatic N) is 3. The van der Waals surface area contributed by atoms with E-state index in [0.717, 1.165) is 0 Å². The molecule has 0 unspecified atom stereocenters. The number of amides is 2. The van der Waals surface area contributed by atoms with E-state index in [4.69, 9.17) is 16.7 Å². The maximum absolute atomic E-state index is 13.1. The van der Waals surface area contributed by atoms with Gasteiger partial charge in [0, 0.05) is 28.9 Å². The first-order chi connectivity index (χ1) is 18.2. The van der Waals surface area contributed by atoms with Gasteiger partial charge in [0.2, 0.25) is 27.7 Å². The van der Waals surface area contributed by atoms with Crippen molar-refractivity contribution in [3.63, 3.8) is 0 Å². The van der Waals surface area contributed by atoms with E-state index in [1.54, 1.807) is 48.5 Å². The highest BCUT2D eigenvalue weighted by Gasteiger charge is 2.21. The highest BCUT2D eigenvalue weighted by atomic mass is 35.5. The fourth-order valence-electron chi connectivity index (χ4n) is 3.58. The molecule has 0 radical (unpaired) electrons. The van der Waals surface area contributed by atoms with E-state index in [1.165, 1.54) is 30.3 Å². The van der Waals surface area contributed by atoms with Crippen molar-refractivity contribution in [1.29, 1.82) is 0 Å². The number of H-pyrrole nitrogens is 1. The largest absolute Gasteiger partial charge is 0.351 e. The van der Waals surface area contributed by atoms with Gasteiger partial charge in [-0.3, -0.25) is 9.59 Å². The molecule has 0 bridgehead atoms. The zero-order valence-corrected chi connectivity index (χ0v) is 21.3. The van der Waals surface area contributed by atoms with Crippen LogP contribution in [0.3, 0.4) is 0 Å². The van der Waals surface area contributed by atoms with Gasteiger partial charge in [-0.1, -0.05) is 41.9 Å². The predicted octanol–water partition coefficient (Wildman–Crippen LogP) is 2.72. The molecule has 0 aliphatic carbocycles. The van der Waals surface area contributed by atoms with Crippen LogP contribution in [0, 0.1) is 0 Å². The summed E-state index contributed by atoms with van der Waals surface area (Å²) in [6, 6.07) is 19.5. The van der Waals surface area contributed by atoms with E-state index in [1.807, 2.05) is 6.07 Å². The van der Waals surface area contributed by atoms with Crippen molar-refractivity contribution in [3.8, 4) is 11.4 Å². The smallest absolute Gasteiger partial charge is 0.244 e. The second kappa shape index (κ2) is 11.8. The van der Waals surface area contributed by atoms with Gasteiger partial charge in [0.1, 0.15) is 0 Å². The van der Waals surface area contributed by atoms with Crippen LogP contribution in [0.5, 0.6) is 0 Å². The number of sulfonamides is 1. The second-order valence-corrected chi connectivity index (χ2v) is 10.1. The van der Waals surface area contributed by atoms with Gasteiger partial charge in [-0.2, -0.15) is 5.21 Å². The Morgan fingerprint density at radius 2 is 1.79 bits per heavy atom. The quantitative estimate of drug-likeness (QED) is 0.231. The number of aromatic nitrogens is 4. The fourth-order valence-corrected chi connectivity index (χ4v) is 4.28.